The number of carbonyl (C=O) groups is 2. The van der Waals surface area contributed by atoms with Gasteiger partial charge in [-0.1, -0.05) is 24.5 Å². The summed E-state index contributed by atoms with van der Waals surface area (Å²) in [4.78, 5) is 23.4. The van der Waals surface area contributed by atoms with Crippen molar-refractivity contribution < 1.29 is 14.7 Å². The Bertz CT molecular complexity index is 508. The zero-order chi connectivity index (χ0) is 15.3. The van der Waals surface area contributed by atoms with Crippen LogP contribution < -0.4 is 11.1 Å². The van der Waals surface area contributed by atoms with E-state index in [0.717, 1.165) is 19.3 Å². The lowest BCUT2D eigenvalue weighted by Gasteiger charge is -2.33. The maximum atomic E-state index is 11.9. The third-order valence-corrected chi connectivity index (χ3v) is 3.99. The summed E-state index contributed by atoms with van der Waals surface area (Å²) in [5.41, 5.74) is 5.21. The van der Waals surface area contributed by atoms with E-state index in [4.69, 9.17) is 5.73 Å². The number of aromatic nitrogens is 3. The number of nitrogens with one attached hydrogen (secondary N) is 1. The molecule has 1 heterocycles. The SMILES string of the molecule is NCc1cn(CC(=O)NCC2(C(=O)O)CCCCC2)nn1. The van der Waals surface area contributed by atoms with Gasteiger partial charge in [0.1, 0.15) is 6.54 Å². The minimum Gasteiger partial charge on any atom is -0.481 e. The van der Waals surface area contributed by atoms with Gasteiger partial charge in [-0.3, -0.25) is 9.59 Å². The molecule has 1 aromatic heterocycles. The topological polar surface area (TPSA) is 123 Å². The molecular formula is C13H21N5O3. The van der Waals surface area contributed by atoms with Gasteiger partial charge in [0, 0.05) is 13.1 Å². The maximum absolute atomic E-state index is 11.9. The van der Waals surface area contributed by atoms with Gasteiger partial charge in [-0.2, -0.15) is 0 Å². The molecule has 21 heavy (non-hydrogen) atoms. The van der Waals surface area contributed by atoms with E-state index in [2.05, 4.69) is 15.6 Å². The number of carbonyl (C=O) groups excluding carboxylic acids is 1. The highest BCUT2D eigenvalue weighted by atomic mass is 16.4. The number of amides is 1. The molecule has 8 nitrogen and oxygen atoms in total. The molecular weight excluding hydrogens is 274 g/mol. The van der Waals surface area contributed by atoms with Gasteiger partial charge in [-0.15, -0.1) is 5.10 Å². The molecule has 0 aliphatic heterocycles. The van der Waals surface area contributed by atoms with Gasteiger partial charge in [0.2, 0.25) is 5.91 Å². The normalized spacial score (nSPS) is 17.4. The fraction of sp³-hybridized carbons (Fsp3) is 0.692. The molecule has 1 amide bonds. The lowest BCUT2D eigenvalue weighted by atomic mass is 9.74. The average molecular weight is 295 g/mol. The van der Waals surface area contributed by atoms with Crippen molar-refractivity contribution in [3.05, 3.63) is 11.9 Å². The zero-order valence-electron chi connectivity index (χ0n) is 11.9. The molecule has 0 radical (unpaired) electrons. The van der Waals surface area contributed by atoms with Crippen LogP contribution >= 0.6 is 0 Å². The molecule has 1 aliphatic rings. The summed E-state index contributed by atoms with van der Waals surface area (Å²) in [5.74, 6) is -1.09. The molecule has 0 atom stereocenters. The van der Waals surface area contributed by atoms with Crippen LogP contribution in [0.2, 0.25) is 0 Å². The van der Waals surface area contributed by atoms with Gasteiger partial charge in [0.05, 0.1) is 17.3 Å². The van der Waals surface area contributed by atoms with Crippen molar-refractivity contribution in [3.8, 4) is 0 Å². The molecule has 0 unspecified atom stereocenters. The van der Waals surface area contributed by atoms with Crippen molar-refractivity contribution in [2.45, 2.75) is 45.2 Å². The van der Waals surface area contributed by atoms with Crippen LogP contribution in [-0.2, 0) is 22.7 Å². The van der Waals surface area contributed by atoms with Gasteiger partial charge in [-0.25, -0.2) is 4.68 Å². The van der Waals surface area contributed by atoms with Crippen molar-refractivity contribution in [1.29, 1.82) is 0 Å². The van der Waals surface area contributed by atoms with Crippen LogP contribution in [0.25, 0.3) is 0 Å². The van der Waals surface area contributed by atoms with Crippen LogP contribution in [0.15, 0.2) is 6.20 Å². The summed E-state index contributed by atoms with van der Waals surface area (Å²) in [6.45, 7) is 0.450. The first-order valence-electron chi connectivity index (χ1n) is 7.15. The first-order valence-corrected chi connectivity index (χ1v) is 7.15. The summed E-state index contributed by atoms with van der Waals surface area (Å²) >= 11 is 0. The van der Waals surface area contributed by atoms with Gasteiger partial charge < -0.3 is 16.2 Å². The lowest BCUT2D eigenvalue weighted by Crippen LogP contribution is -2.45. The number of carboxylic acid groups (broad SMARTS) is 1. The molecule has 1 aromatic rings. The first-order chi connectivity index (χ1) is 10.1. The van der Waals surface area contributed by atoms with Crippen LogP contribution in [0.5, 0.6) is 0 Å². The molecule has 0 spiro atoms. The van der Waals surface area contributed by atoms with Crippen molar-refractivity contribution in [2.75, 3.05) is 6.54 Å². The third-order valence-electron chi connectivity index (χ3n) is 3.99. The fourth-order valence-corrected chi connectivity index (χ4v) is 2.67. The highest BCUT2D eigenvalue weighted by Crippen LogP contribution is 2.35. The number of carboxylic acids is 1. The molecule has 0 saturated heterocycles. The molecule has 1 saturated carbocycles. The zero-order valence-corrected chi connectivity index (χ0v) is 11.9. The molecule has 0 aromatic carbocycles. The molecule has 0 bridgehead atoms. The lowest BCUT2D eigenvalue weighted by molar-refractivity contribution is -0.151. The van der Waals surface area contributed by atoms with Crippen molar-refractivity contribution >= 4 is 11.9 Å². The van der Waals surface area contributed by atoms with Crippen LogP contribution in [0.3, 0.4) is 0 Å². The Morgan fingerprint density at radius 2 is 2.10 bits per heavy atom. The third kappa shape index (κ3) is 3.78. The van der Waals surface area contributed by atoms with Crippen LogP contribution in [0.4, 0.5) is 0 Å². The summed E-state index contributed by atoms with van der Waals surface area (Å²) < 4.78 is 1.39. The molecule has 1 fully saturated rings. The second-order valence-electron chi connectivity index (χ2n) is 5.53. The number of rotatable bonds is 6. The highest BCUT2D eigenvalue weighted by molar-refractivity contribution is 5.79. The Labute approximate surface area is 122 Å². The summed E-state index contributed by atoms with van der Waals surface area (Å²) in [6, 6.07) is 0. The molecule has 8 heteroatoms. The van der Waals surface area contributed by atoms with Crippen LogP contribution in [0, 0.1) is 5.41 Å². The van der Waals surface area contributed by atoms with Crippen molar-refractivity contribution in [3.63, 3.8) is 0 Å². The number of nitrogens with zero attached hydrogens (tertiary/aromatic N) is 3. The van der Waals surface area contributed by atoms with Gasteiger partial charge in [-0.05, 0) is 12.8 Å². The van der Waals surface area contributed by atoms with Gasteiger partial charge in [0.15, 0.2) is 0 Å². The minimum atomic E-state index is -0.825. The van der Waals surface area contributed by atoms with Crippen LogP contribution in [0.1, 0.15) is 37.8 Å². The maximum Gasteiger partial charge on any atom is 0.311 e. The van der Waals surface area contributed by atoms with E-state index in [1.54, 1.807) is 6.20 Å². The second-order valence-corrected chi connectivity index (χ2v) is 5.53. The average Bonchev–Trinajstić information content (AvgIpc) is 2.93. The van der Waals surface area contributed by atoms with Crippen LogP contribution in [-0.4, -0.2) is 38.5 Å². The molecule has 116 valence electrons. The number of hydrogen-bond donors (Lipinski definition) is 3. The smallest absolute Gasteiger partial charge is 0.311 e. The van der Waals surface area contributed by atoms with Gasteiger partial charge in [0.25, 0.3) is 0 Å². The Morgan fingerprint density at radius 3 is 2.67 bits per heavy atom. The molecule has 4 N–H and O–H groups in total. The second kappa shape index (κ2) is 6.66. The summed E-state index contributed by atoms with van der Waals surface area (Å²) in [5, 5.41) is 19.7. The van der Waals surface area contributed by atoms with E-state index in [-0.39, 0.29) is 25.5 Å². The van der Waals surface area contributed by atoms with E-state index >= 15 is 0 Å². The Balaban J connectivity index is 1.88. The van der Waals surface area contributed by atoms with E-state index in [1.165, 1.54) is 4.68 Å². The Kier molecular flexibility index (Phi) is 4.89. The predicted octanol–water partition coefficient (Wildman–Crippen LogP) is -0.112. The number of nitrogens with two attached hydrogens (primary N) is 1. The first kappa shape index (κ1) is 15.4. The fourth-order valence-electron chi connectivity index (χ4n) is 2.67. The van der Waals surface area contributed by atoms with Crippen molar-refractivity contribution in [2.24, 2.45) is 11.1 Å². The quantitative estimate of drug-likeness (QED) is 0.672. The largest absolute Gasteiger partial charge is 0.481 e. The minimum absolute atomic E-state index is 0.0166. The van der Waals surface area contributed by atoms with E-state index < -0.39 is 11.4 Å². The van der Waals surface area contributed by atoms with Gasteiger partial charge >= 0.3 is 5.97 Å². The number of hydrogen-bond acceptors (Lipinski definition) is 5. The van der Waals surface area contributed by atoms with Crippen molar-refractivity contribution in [1.82, 2.24) is 20.3 Å². The van der Waals surface area contributed by atoms with E-state index in [1.807, 2.05) is 0 Å². The highest BCUT2D eigenvalue weighted by Gasteiger charge is 2.39. The summed E-state index contributed by atoms with van der Waals surface area (Å²) in [6.07, 6.45) is 5.68. The molecule has 1 aliphatic carbocycles. The predicted molar refractivity (Wildman–Crippen MR) is 74.1 cm³/mol. The Morgan fingerprint density at radius 1 is 1.38 bits per heavy atom. The number of aliphatic carboxylic acids is 1. The van der Waals surface area contributed by atoms with E-state index in [0.29, 0.717) is 18.5 Å². The van der Waals surface area contributed by atoms with E-state index in [9.17, 15) is 14.7 Å². The Hall–Kier alpha value is -1.96. The monoisotopic (exact) mass is 295 g/mol. The standard InChI is InChI=1S/C13H21N5O3/c14-6-10-7-18(17-16-10)8-11(19)15-9-13(12(20)21)4-2-1-3-5-13/h7H,1-6,8-9,14H2,(H,15,19)(H,20,21). The summed E-state index contributed by atoms with van der Waals surface area (Å²) in [7, 11) is 0. The molecule has 2 rings (SSSR count).